The lowest BCUT2D eigenvalue weighted by Gasteiger charge is -2.15. The number of nitrogens with one attached hydrogen (secondary N) is 1. The molecule has 0 atom stereocenters. The molecule has 0 amide bonds. The van der Waals surface area contributed by atoms with Gasteiger partial charge in [0.25, 0.3) is 0 Å². The molecule has 0 fully saturated rings. The van der Waals surface area contributed by atoms with Crippen LogP contribution in [0.2, 0.25) is 10.0 Å². The molecule has 0 aliphatic carbocycles. The van der Waals surface area contributed by atoms with E-state index in [-0.39, 0.29) is 26.6 Å². The largest absolute Gasteiger partial charge is 0.573 e. The van der Waals surface area contributed by atoms with Crippen LogP contribution < -0.4 is 10.1 Å². The van der Waals surface area contributed by atoms with E-state index < -0.39 is 24.0 Å². The molecule has 0 aliphatic rings. The number of rotatable bonds is 3. The SMILES string of the molecule is FC(F)(F)Oc1ccc2c(Nc3ccc(Cl)c(Cl)c3)cc(C(F)(F)F)nc2c1. The highest BCUT2D eigenvalue weighted by atomic mass is 35.5. The lowest BCUT2D eigenvalue weighted by Crippen LogP contribution is -2.17. The fourth-order valence-corrected chi connectivity index (χ4v) is 2.68. The standard InChI is InChI=1S/C17H8Cl2F6N2O/c18-11-4-1-8(5-12(11)19)26-14-7-15(16(20,21)22)27-13-6-9(2-3-10(13)14)28-17(23,24)25/h1-7H,(H,26,27). The molecule has 3 nitrogen and oxygen atoms in total. The van der Waals surface area contributed by atoms with Crippen LogP contribution in [-0.4, -0.2) is 11.3 Å². The van der Waals surface area contributed by atoms with Crippen molar-refractivity contribution in [2.45, 2.75) is 12.5 Å². The molecule has 0 unspecified atom stereocenters. The Labute approximate surface area is 163 Å². The molecule has 2 aromatic carbocycles. The summed E-state index contributed by atoms with van der Waals surface area (Å²) in [6.45, 7) is 0. The normalized spacial score (nSPS) is 12.3. The molecule has 0 saturated carbocycles. The minimum absolute atomic E-state index is 0.0331. The molecule has 11 heteroatoms. The van der Waals surface area contributed by atoms with Crippen LogP contribution in [0.5, 0.6) is 5.75 Å². The van der Waals surface area contributed by atoms with Crippen LogP contribution in [0, 0.1) is 0 Å². The van der Waals surface area contributed by atoms with Gasteiger partial charge in [-0.2, -0.15) is 13.2 Å². The zero-order valence-corrected chi connectivity index (χ0v) is 14.9. The molecule has 0 radical (unpaired) electrons. The summed E-state index contributed by atoms with van der Waals surface area (Å²) in [4.78, 5) is 3.41. The molecule has 1 heterocycles. The summed E-state index contributed by atoms with van der Waals surface area (Å²) in [5.41, 5.74) is -1.33. The summed E-state index contributed by atoms with van der Waals surface area (Å²) in [7, 11) is 0. The minimum Gasteiger partial charge on any atom is -0.406 e. The van der Waals surface area contributed by atoms with Crippen molar-refractivity contribution in [2.24, 2.45) is 0 Å². The second-order valence-electron chi connectivity index (χ2n) is 5.53. The third-order valence-corrected chi connectivity index (χ3v) is 4.24. The van der Waals surface area contributed by atoms with Gasteiger partial charge in [0.1, 0.15) is 11.4 Å². The molecule has 3 aromatic rings. The van der Waals surface area contributed by atoms with Crippen LogP contribution in [0.3, 0.4) is 0 Å². The maximum Gasteiger partial charge on any atom is 0.573 e. The number of benzene rings is 2. The van der Waals surface area contributed by atoms with Gasteiger partial charge >= 0.3 is 12.5 Å². The molecule has 0 saturated heterocycles. The molecule has 0 aliphatic heterocycles. The van der Waals surface area contributed by atoms with Crippen LogP contribution in [0.25, 0.3) is 10.9 Å². The van der Waals surface area contributed by atoms with Crippen molar-refractivity contribution in [3.05, 3.63) is 58.2 Å². The van der Waals surface area contributed by atoms with Crippen molar-refractivity contribution >= 4 is 45.5 Å². The van der Waals surface area contributed by atoms with Crippen LogP contribution >= 0.6 is 23.2 Å². The molecule has 0 bridgehead atoms. The molecular weight excluding hydrogens is 433 g/mol. The summed E-state index contributed by atoms with van der Waals surface area (Å²) >= 11 is 11.7. The zero-order valence-electron chi connectivity index (χ0n) is 13.4. The van der Waals surface area contributed by atoms with Gasteiger partial charge in [0, 0.05) is 17.1 Å². The highest BCUT2D eigenvalue weighted by molar-refractivity contribution is 6.42. The average molecular weight is 441 g/mol. The van der Waals surface area contributed by atoms with E-state index in [9.17, 15) is 26.3 Å². The van der Waals surface area contributed by atoms with E-state index in [0.717, 1.165) is 18.2 Å². The van der Waals surface area contributed by atoms with Crippen molar-refractivity contribution in [3.63, 3.8) is 0 Å². The third kappa shape index (κ3) is 4.71. The fourth-order valence-electron chi connectivity index (χ4n) is 2.38. The van der Waals surface area contributed by atoms with E-state index in [0.29, 0.717) is 5.69 Å². The highest BCUT2D eigenvalue weighted by Gasteiger charge is 2.34. The summed E-state index contributed by atoms with van der Waals surface area (Å²) in [6, 6.07) is 7.98. The van der Waals surface area contributed by atoms with Crippen LogP contribution in [0.4, 0.5) is 37.7 Å². The van der Waals surface area contributed by atoms with Crippen LogP contribution in [0.15, 0.2) is 42.5 Å². The number of anilines is 2. The van der Waals surface area contributed by atoms with Gasteiger partial charge in [0.15, 0.2) is 0 Å². The van der Waals surface area contributed by atoms with Gasteiger partial charge in [0.05, 0.1) is 21.2 Å². The number of aromatic nitrogens is 1. The molecule has 1 N–H and O–H groups in total. The molecular formula is C17H8Cl2F6N2O. The van der Waals surface area contributed by atoms with Gasteiger partial charge in [-0.25, -0.2) is 4.98 Å². The van der Waals surface area contributed by atoms with E-state index in [1.54, 1.807) is 0 Å². The Balaban J connectivity index is 2.12. The van der Waals surface area contributed by atoms with Gasteiger partial charge in [-0.15, -0.1) is 13.2 Å². The van der Waals surface area contributed by atoms with Crippen molar-refractivity contribution in [3.8, 4) is 5.75 Å². The number of fused-ring (bicyclic) bond motifs is 1. The van der Waals surface area contributed by atoms with E-state index in [1.807, 2.05) is 0 Å². The molecule has 0 spiro atoms. The van der Waals surface area contributed by atoms with Gasteiger partial charge in [0.2, 0.25) is 0 Å². The molecule has 1 aromatic heterocycles. The predicted octanol–water partition coefficient (Wildman–Crippen LogP) is 7.20. The first-order valence-corrected chi connectivity index (χ1v) is 8.18. The van der Waals surface area contributed by atoms with E-state index in [4.69, 9.17) is 23.2 Å². The second kappa shape index (κ2) is 7.21. The lowest BCUT2D eigenvalue weighted by atomic mass is 10.1. The third-order valence-electron chi connectivity index (χ3n) is 3.50. The topological polar surface area (TPSA) is 34.1 Å². The Kier molecular flexibility index (Phi) is 5.24. The zero-order chi connectivity index (χ0) is 20.7. The lowest BCUT2D eigenvalue weighted by molar-refractivity contribution is -0.274. The van der Waals surface area contributed by atoms with E-state index in [2.05, 4.69) is 15.0 Å². The smallest absolute Gasteiger partial charge is 0.406 e. The summed E-state index contributed by atoms with van der Waals surface area (Å²) < 4.78 is 80.5. The number of hydrogen-bond acceptors (Lipinski definition) is 3. The van der Waals surface area contributed by atoms with Gasteiger partial charge in [-0.1, -0.05) is 23.2 Å². The summed E-state index contributed by atoms with van der Waals surface area (Å²) in [5, 5.41) is 3.31. The van der Waals surface area contributed by atoms with Crippen molar-refractivity contribution < 1.29 is 31.1 Å². The summed E-state index contributed by atoms with van der Waals surface area (Å²) in [6.07, 6.45) is -9.81. The van der Waals surface area contributed by atoms with Crippen molar-refractivity contribution in [1.29, 1.82) is 0 Å². The van der Waals surface area contributed by atoms with E-state index in [1.165, 1.54) is 24.3 Å². The Morgan fingerprint density at radius 2 is 1.57 bits per heavy atom. The number of pyridine rings is 1. The maximum atomic E-state index is 13.2. The minimum atomic E-state index is -4.99. The molecule has 3 rings (SSSR count). The maximum absolute atomic E-state index is 13.2. The second-order valence-corrected chi connectivity index (χ2v) is 6.35. The monoisotopic (exact) mass is 440 g/mol. The van der Waals surface area contributed by atoms with Crippen molar-refractivity contribution in [2.75, 3.05) is 5.32 Å². The Bertz CT molecular complexity index is 1040. The average Bonchev–Trinajstić information content (AvgIpc) is 2.55. The predicted molar refractivity (Wildman–Crippen MR) is 93.2 cm³/mol. The van der Waals surface area contributed by atoms with Gasteiger partial charge in [-0.3, -0.25) is 0 Å². The van der Waals surface area contributed by atoms with Gasteiger partial charge < -0.3 is 10.1 Å². The number of hydrogen-bond donors (Lipinski definition) is 1. The Morgan fingerprint density at radius 3 is 2.18 bits per heavy atom. The molecule has 28 heavy (non-hydrogen) atoms. The van der Waals surface area contributed by atoms with Crippen molar-refractivity contribution in [1.82, 2.24) is 4.98 Å². The number of ether oxygens (including phenoxy) is 1. The first kappa shape index (κ1) is 20.3. The first-order chi connectivity index (χ1) is 12.9. The van der Waals surface area contributed by atoms with E-state index >= 15 is 0 Å². The quantitative estimate of drug-likeness (QED) is 0.437. The Hall–Kier alpha value is -2.39. The Morgan fingerprint density at radius 1 is 0.857 bits per heavy atom. The highest BCUT2D eigenvalue weighted by Crippen LogP contribution is 2.37. The van der Waals surface area contributed by atoms with Crippen LogP contribution in [-0.2, 0) is 6.18 Å². The fraction of sp³-hybridized carbons (Fsp3) is 0.118. The number of alkyl halides is 6. The first-order valence-electron chi connectivity index (χ1n) is 7.42. The number of nitrogens with zero attached hydrogens (tertiary/aromatic N) is 1. The number of halogens is 8. The molecule has 148 valence electrons. The summed E-state index contributed by atoms with van der Waals surface area (Å²) in [5.74, 6) is -0.688. The van der Waals surface area contributed by atoms with Crippen LogP contribution in [0.1, 0.15) is 5.69 Å². The van der Waals surface area contributed by atoms with Gasteiger partial charge in [-0.05, 0) is 36.4 Å².